The monoisotopic (exact) mass is 223 g/mol. The van der Waals surface area contributed by atoms with Gasteiger partial charge in [-0.05, 0) is 19.1 Å². The second-order valence-electron chi connectivity index (χ2n) is 3.19. The van der Waals surface area contributed by atoms with Crippen molar-refractivity contribution >= 4 is 18.1 Å². The molecular formula is C10H13N3O3. The molecule has 1 aromatic heterocycles. The lowest BCUT2D eigenvalue weighted by Gasteiger charge is -2.12. The second-order valence-corrected chi connectivity index (χ2v) is 3.19. The fraction of sp³-hybridized carbons (Fsp3) is 0.300. The molecular weight excluding hydrogens is 210 g/mol. The molecule has 0 aliphatic heterocycles. The number of hydrogen-bond donors (Lipinski definition) is 3. The molecule has 0 spiro atoms. The summed E-state index contributed by atoms with van der Waals surface area (Å²) in [6.07, 6.45) is 2.20. The van der Waals surface area contributed by atoms with Crippen LogP contribution in [0.15, 0.2) is 18.3 Å². The van der Waals surface area contributed by atoms with Crippen LogP contribution in [0.1, 0.15) is 17.4 Å². The van der Waals surface area contributed by atoms with E-state index >= 15 is 0 Å². The summed E-state index contributed by atoms with van der Waals surface area (Å²) in [7, 11) is 0. The van der Waals surface area contributed by atoms with Crippen LogP contribution in [-0.2, 0) is 9.59 Å². The van der Waals surface area contributed by atoms with E-state index < -0.39 is 11.9 Å². The summed E-state index contributed by atoms with van der Waals surface area (Å²) in [5.41, 5.74) is 0.384. The summed E-state index contributed by atoms with van der Waals surface area (Å²) in [6, 6.07) is 2.60. The zero-order chi connectivity index (χ0) is 12.0. The number of amides is 2. The quantitative estimate of drug-likeness (QED) is 0.585. The number of aromatic nitrogens is 1. The van der Waals surface area contributed by atoms with Gasteiger partial charge in [-0.25, -0.2) is 0 Å². The Bertz CT molecular complexity index is 373. The van der Waals surface area contributed by atoms with Gasteiger partial charge in [-0.1, -0.05) is 0 Å². The Morgan fingerprint density at radius 3 is 2.88 bits per heavy atom. The van der Waals surface area contributed by atoms with Crippen LogP contribution < -0.4 is 10.6 Å². The normalized spacial score (nSPS) is 11.6. The Balaban J connectivity index is 2.45. The fourth-order valence-corrected chi connectivity index (χ4v) is 1.11. The summed E-state index contributed by atoms with van der Waals surface area (Å²) in [6.45, 7) is 1.49. The molecule has 16 heavy (non-hydrogen) atoms. The fourth-order valence-electron chi connectivity index (χ4n) is 1.11. The maximum absolute atomic E-state index is 11.5. The van der Waals surface area contributed by atoms with Crippen molar-refractivity contribution in [2.45, 2.75) is 13.0 Å². The van der Waals surface area contributed by atoms with E-state index in [-0.39, 0.29) is 12.5 Å². The molecule has 0 saturated heterocycles. The molecule has 6 nitrogen and oxygen atoms in total. The molecule has 1 heterocycles. The Morgan fingerprint density at radius 2 is 2.31 bits per heavy atom. The maximum Gasteiger partial charge on any atom is 0.268 e. The molecule has 2 amide bonds. The van der Waals surface area contributed by atoms with Crippen LogP contribution >= 0.6 is 0 Å². The third kappa shape index (κ3) is 3.23. The lowest BCUT2D eigenvalue weighted by Crippen LogP contribution is -2.45. The van der Waals surface area contributed by atoms with E-state index in [9.17, 15) is 14.4 Å². The Kier molecular flexibility index (Phi) is 4.26. The van der Waals surface area contributed by atoms with Gasteiger partial charge in [-0.3, -0.25) is 9.59 Å². The van der Waals surface area contributed by atoms with Crippen LogP contribution in [0.3, 0.4) is 0 Å². The Hall–Kier alpha value is -2.11. The van der Waals surface area contributed by atoms with E-state index in [2.05, 4.69) is 15.6 Å². The molecule has 0 aromatic carbocycles. The van der Waals surface area contributed by atoms with Crippen molar-refractivity contribution in [3.63, 3.8) is 0 Å². The van der Waals surface area contributed by atoms with Crippen molar-refractivity contribution in [1.82, 2.24) is 15.6 Å². The second kappa shape index (κ2) is 5.69. The third-order valence-corrected chi connectivity index (χ3v) is 1.94. The molecule has 0 radical (unpaired) electrons. The standard InChI is InChI=1S/C10H13N3O3/c1-7(9(15)12-5-6-14)13-10(16)8-3-2-4-11-8/h2-4,6-7,11H,5H2,1H3,(H,12,15)(H,13,16)/t7-/m0/s1. The number of nitrogens with one attached hydrogen (secondary N) is 3. The Labute approximate surface area is 92.4 Å². The van der Waals surface area contributed by atoms with E-state index in [4.69, 9.17) is 0 Å². The van der Waals surface area contributed by atoms with E-state index in [0.29, 0.717) is 12.0 Å². The zero-order valence-electron chi connectivity index (χ0n) is 8.82. The van der Waals surface area contributed by atoms with Gasteiger partial charge in [0.25, 0.3) is 5.91 Å². The van der Waals surface area contributed by atoms with Gasteiger partial charge in [0, 0.05) is 6.20 Å². The molecule has 0 bridgehead atoms. The topological polar surface area (TPSA) is 91.1 Å². The number of aromatic amines is 1. The number of rotatable bonds is 5. The van der Waals surface area contributed by atoms with Gasteiger partial charge in [0.15, 0.2) is 0 Å². The lowest BCUT2D eigenvalue weighted by molar-refractivity contribution is -0.123. The summed E-state index contributed by atoms with van der Waals surface area (Å²) in [5, 5.41) is 4.84. The first-order valence-electron chi connectivity index (χ1n) is 4.80. The first-order chi connectivity index (χ1) is 7.65. The molecule has 0 aliphatic rings. The van der Waals surface area contributed by atoms with Crippen LogP contribution in [0, 0.1) is 0 Å². The SMILES string of the molecule is C[C@H](NC(=O)c1ccc[nH]1)C(=O)NCC=O. The van der Waals surface area contributed by atoms with Crippen LogP contribution in [0.2, 0.25) is 0 Å². The van der Waals surface area contributed by atoms with Gasteiger partial charge in [-0.15, -0.1) is 0 Å². The minimum atomic E-state index is -0.684. The van der Waals surface area contributed by atoms with Crippen molar-refractivity contribution in [3.8, 4) is 0 Å². The van der Waals surface area contributed by atoms with Crippen molar-refractivity contribution in [3.05, 3.63) is 24.0 Å². The minimum Gasteiger partial charge on any atom is -0.357 e. The summed E-state index contributed by atoms with van der Waals surface area (Å²) in [4.78, 5) is 35.6. The van der Waals surface area contributed by atoms with Crippen LogP contribution in [0.5, 0.6) is 0 Å². The van der Waals surface area contributed by atoms with Crippen molar-refractivity contribution in [1.29, 1.82) is 0 Å². The van der Waals surface area contributed by atoms with Gasteiger partial charge in [0.2, 0.25) is 5.91 Å². The third-order valence-electron chi connectivity index (χ3n) is 1.94. The highest BCUT2D eigenvalue weighted by Crippen LogP contribution is 1.95. The number of H-pyrrole nitrogens is 1. The van der Waals surface area contributed by atoms with Gasteiger partial charge in [-0.2, -0.15) is 0 Å². The van der Waals surface area contributed by atoms with Gasteiger partial charge < -0.3 is 20.4 Å². The predicted octanol–water partition coefficient (Wildman–Crippen LogP) is -0.552. The first-order valence-corrected chi connectivity index (χ1v) is 4.80. The lowest BCUT2D eigenvalue weighted by atomic mass is 10.3. The van der Waals surface area contributed by atoms with Crippen LogP contribution in [0.4, 0.5) is 0 Å². The molecule has 3 N–H and O–H groups in total. The number of hydrogen-bond acceptors (Lipinski definition) is 3. The van der Waals surface area contributed by atoms with E-state index in [0.717, 1.165) is 0 Å². The average molecular weight is 223 g/mol. The van der Waals surface area contributed by atoms with E-state index in [1.165, 1.54) is 0 Å². The molecule has 0 unspecified atom stereocenters. The van der Waals surface area contributed by atoms with Gasteiger partial charge in [0.05, 0.1) is 6.54 Å². The van der Waals surface area contributed by atoms with Crippen LogP contribution in [0.25, 0.3) is 0 Å². The summed E-state index contributed by atoms with van der Waals surface area (Å²) in [5.74, 6) is -0.759. The van der Waals surface area contributed by atoms with Gasteiger partial charge >= 0.3 is 0 Å². The van der Waals surface area contributed by atoms with E-state index in [1.807, 2.05) is 0 Å². The number of aldehydes is 1. The zero-order valence-corrected chi connectivity index (χ0v) is 8.82. The molecule has 0 fully saturated rings. The summed E-state index contributed by atoms with van der Waals surface area (Å²) < 4.78 is 0. The molecule has 1 atom stereocenters. The van der Waals surface area contributed by atoms with Gasteiger partial charge in [0.1, 0.15) is 18.0 Å². The first kappa shape index (κ1) is 12.0. The molecule has 0 saturated carbocycles. The van der Waals surface area contributed by atoms with Crippen molar-refractivity contribution in [2.75, 3.05) is 6.54 Å². The predicted molar refractivity (Wildman–Crippen MR) is 56.8 cm³/mol. The highest BCUT2D eigenvalue weighted by molar-refractivity contribution is 5.96. The highest BCUT2D eigenvalue weighted by Gasteiger charge is 2.16. The molecule has 0 aliphatic carbocycles. The highest BCUT2D eigenvalue weighted by atomic mass is 16.2. The molecule has 6 heteroatoms. The van der Waals surface area contributed by atoms with Crippen molar-refractivity contribution < 1.29 is 14.4 Å². The molecule has 86 valence electrons. The molecule has 1 aromatic rings. The smallest absolute Gasteiger partial charge is 0.268 e. The average Bonchev–Trinajstić information content (AvgIpc) is 2.79. The van der Waals surface area contributed by atoms with Crippen molar-refractivity contribution in [2.24, 2.45) is 0 Å². The number of carbonyl (C=O) groups is 3. The minimum absolute atomic E-state index is 0.0540. The maximum atomic E-state index is 11.5. The van der Waals surface area contributed by atoms with Crippen LogP contribution in [-0.4, -0.2) is 35.7 Å². The largest absolute Gasteiger partial charge is 0.357 e. The number of carbonyl (C=O) groups excluding carboxylic acids is 3. The van der Waals surface area contributed by atoms with E-state index in [1.54, 1.807) is 25.3 Å². The summed E-state index contributed by atoms with van der Waals surface area (Å²) >= 11 is 0. The molecule has 1 rings (SSSR count). The Morgan fingerprint density at radius 1 is 1.56 bits per heavy atom.